The van der Waals surface area contributed by atoms with E-state index in [1.54, 1.807) is 6.21 Å². The molecule has 0 unspecified atom stereocenters. The maximum atomic E-state index is 12.7. The second kappa shape index (κ2) is 11.2. The summed E-state index contributed by atoms with van der Waals surface area (Å²) in [7, 11) is 0. The van der Waals surface area contributed by atoms with Gasteiger partial charge < -0.3 is 0 Å². The Balaban J connectivity index is 1.30. The average Bonchev–Trinajstić information content (AvgIpc) is 3.52. The molecule has 0 saturated carbocycles. The predicted octanol–water partition coefficient (Wildman–Crippen LogP) is 5.52. The minimum atomic E-state index is 0.00820. The summed E-state index contributed by atoms with van der Waals surface area (Å²) in [5.74, 6) is 1.04. The number of Topliss-reactive ketones (excluding diaryl/α,β-unsaturated/α-hetero) is 1. The number of aliphatic imine (C=N–C) groups is 1. The van der Waals surface area contributed by atoms with Crippen LogP contribution in [-0.4, -0.2) is 48.8 Å². The maximum absolute atomic E-state index is 12.7. The number of rotatable bonds is 9. The van der Waals surface area contributed by atoms with Crippen molar-refractivity contribution in [2.45, 2.75) is 19.0 Å². The topological polar surface area (TPSA) is 78.0 Å². The number of para-hydroxylation sites is 2. The van der Waals surface area contributed by atoms with Crippen LogP contribution in [0.2, 0.25) is 0 Å². The van der Waals surface area contributed by atoms with Gasteiger partial charge >= 0.3 is 0 Å². The zero-order chi connectivity index (χ0) is 25.6. The van der Waals surface area contributed by atoms with Gasteiger partial charge in [0.2, 0.25) is 0 Å². The van der Waals surface area contributed by atoms with Gasteiger partial charge in [-0.15, -0.1) is 10.2 Å². The Morgan fingerprint density at radius 3 is 2.27 bits per heavy atom. The van der Waals surface area contributed by atoms with Crippen molar-refractivity contribution >= 4 is 23.8 Å². The van der Waals surface area contributed by atoms with Crippen LogP contribution in [0.3, 0.4) is 0 Å². The molecule has 0 radical (unpaired) electrons. The number of hydrogen-bond acceptors (Lipinski definition) is 6. The highest BCUT2D eigenvalue weighted by molar-refractivity contribution is 7.99. The zero-order valence-corrected chi connectivity index (χ0v) is 21.5. The molecule has 0 fully saturated rings. The first-order valence-corrected chi connectivity index (χ1v) is 12.9. The second-order valence-electron chi connectivity index (χ2n) is 8.58. The quantitative estimate of drug-likeness (QED) is 0.194. The van der Waals surface area contributed by atoms with Crippen LogP contribution in [0.15, 0.2) is 101 Å². The van der Waals surface area contributed by atoms with E-state index in [-0.39, 0.29) is 18.1 Å². The number of benzene rings is 3. The maximum Gasteiger partial charge on any atom is 0.196 e. The predicted molar refractivity (Wildman–Crippen MR) is 148 cm³/mol. The zero-order valence-electron chi connectivity index (χ0n) is 20.7. The van der Waals surface area contributed by atoms with Crippen molar-refractivity contribution in [2.24, 2.45) is 4.99 Å². The molecule has 0 amide bonds. The molecule has 0 aliphatic rings. The first-order chi connectivity index (χ1) is 18.1. The van der Waals surface area contributed by atoms with Gasteiger partial charge in [0.1, 0.15) is 11.5 Å². The first kappa shape index (κ1) is 24.4. The molecule has 0 aliphatic carbocycles. The van der Waals surface area contributed by atoms with Crippen molar-refractivity contribution in [3.8, 4) is 22.6 Å². The summed E-state index contributed by atoms with van der Waals surface area (Å²) in [6.07, 6.45) is 3.68. The summed E-state index contributed by atoms with van der Waals surface area (Å²) in [6.45, 7) is 4.04. The van der Waals surface area contributed by atoms with Crippen LogP contribution in [-0.2, 0) is 4.79 Å². The smallest absolute Gasteiger partial charge is 0.196 e. The van der Waals surface area contributed by atoms with E-state index in [9.17, 15) is 4.79 Å². The molecule has 0 atom stereocenters. The Hall–Kier alpha value is -4.30. The minimum absolute atomic E-state index is 0.00820. The van der Waals surface area contributed by atoms with Crippen molar-refractivity contribution < 1.29 is 4.79 Å². The number of carbonyl (C=O) groups is 1. The van der Waals surface area contributed by atoms with E-state index in [4.69, 9.17) is 5.10 Å². The third kappa shape index (κ3) is 5.76. The fourth-order valence-electron chi connectivity index (χ4n) is 3.88. The summed E-state index contributed by atoms with van der Waals surface area (Å²) in [5, 5.41) is 13.9. The van der Waals surface area contributed by atoms with Crippen molar-refractivity contribution in [1.82, 2.24) is 24.5 Å². The van der Waals surface area contributed by atoms with Crippen molar-refractivity contribution in [2.75, 3.05) is 12.3 Å². The third-order valence-electron chi connectivity index (χ3n) is 5.76. The van der Waals surface area contributed by atoms with Crippen LogP contribution in [0.5, 0.6) is 0 Å². The SMILES string of the molecule is Cc1ccc(-c2nn(-c3ccccc3)cc2C=NCC(=O)CSc2nnc(C)n2-c2ccccc2)cc1. The molecule has 5 rings (SSSR count). The molecule has 37 heavy (non-hydrogen) atoms. The van der Waals surface area contributed by atoms with Crippen LogP contribution in [0, 0.1) is 13.8 Å². The first-order valence-electron chi connectivity index (χ1n) is 11.9. The Morgan fingerprint density at radius 2 is 1.57 bits per heavy atom. The van der Waals surface area contributed by atoms with E-state index in [0.29, 0.717) is 5.16 Å². The lowest BCUT2D eigenvalue weighted by Gasteiger charge is -2.07. The van der Waals surface area contributed by atoms with Gasteiger partial charge in [0.15, 0.2) is 10.9 Å². The number of carbonyl (C=O) groups excluding carboxylic acids is 1. The normalized spacial score (nSPS) is 11.3. The van der Waals surface area contributed by atoms with E-state index in [1.165, 1.54) is 17.3 Å². The summed E-state index contributed by atoms with van der Waals surface area (Å²) >= 11 is 1.37. The largest absolute Gasteiger partial charge is 0.297 e. The van der Waals surface area contributed by atoms with E-state index in [1.807, 2.05) is 83.0 Å². The van der Waals surface area contributed by atoms with Gasteiger partial charge in [0, 0.05) is 29.2 Å². The number of hydrogen-bond donors (Lipinski definition) is 0. The fraction of sp³-hybridized carbons (Fsp3) is 0.138. The highest BCUT2D eigenvalue weighted by atomic mass is 32.2. The summed E-state index contributed by atoms with van der Waals surface area (Å²) < 4.78 is 3.79. The van der Waals surface area contributed by atoms with Crippen molar-refractivity contribution in [3.05, 3.63) is 108 Å². The molecule has 5 aromatic rings. The third-order valence-corrected chi connectivity index (χ3v) is 6.75. The van der Waals surface area contributed by atoms with Crippen LogP contribution < -0.4 is 0 Å². The van der Waals surface area contributed by atoms with Gasteiger partial charge in [0.05, 0.1) is 18.0 Å². The highest BCUT2D eigenvalue weighted by Crippen LogP contribution is 2.24. The molecular weight excluding hydrogens is 480 g/mol. The summed E-state index contributed by atoms with van der Waals surface area (Å²) in [5.41, 5.74) is 5.79. The minimum Gasteiger partial charge on any atom is -0.297 e. The van der Waals surface area contributed by atoms with E-state index < -0.39 is 0 Å². The van der Waals surface area contributed by atoms with E-state index in [2.05, 4.69) is 46.4 Å². The Kier molecular flexibility index (Phi) is 7.37. The lowest BCUT2D eigenvalue weighted by atomic mass is 10.1. The molecule has 2 heterocycles. The molecule has 0 saturated heterocycles. The lowest BCUT2D eigenvalue weighted by molar-refractivity contribution is -0.115. The van der Waals surface area contributed by atoms with Crippen LogP contribution in [0.4, 0.5) is 0 Å². The van der Waals surface area contributed by atoms with Crippen molar-refractivity contribution in [3.63, 3.8) is 0 Å². The number of aromatic nitrogens is 5. The van der Waals surface area contributed by atoms with Crippen LogP contribution in [0.25, 0.3) is 22.6 Å². The number of ketones is 1. The van der Waals surface area contributed by atoms with Gasteiger partial charge in [-0.2, -0.15) is 5.10 Å². The summed E-state index contributed by atoms with van der Waals surface area (Å²) in [4.78, 5) is 17.1. The molecule has 0 spiro atoms. The monoisotopic (exact) mass is 506 g/mol. The van der Waals surface area contributed by atoms with Gasteiger partial charge in [-0.1, -0.05) is 78.0 Å². The molecular formula is C29H26N6OS. The number of thioether (sulfide) groups is 1. The van der Waals surface area contributed by atoms with Gasteiger partial charge in [0.25, 0.3) is 0 Å². The lowest BCUT2D eigenvalue weighted by Crippen LogP contribution is -2.07. The Bertz CT molecular complexity index is 1520. The number of aryl methyl sites for hydroxylation is 2. The molecule has 184 valence electrons. The number of nitrogens with zero attached hydrogens (tertiary/aromatic N) is 6. The standard InChI is InChI=1S/C29H26N6OS/c1-21-13-15-23(16-14-21)28-24(19-34(33-28)25-9-5-3-6-10-25)17-30-18-27(36)20-37-29-32-31-22(2)35(29)26-11-7-4-8-12-26/h3-17,19H,18,20H2,1-2H3. The summed E-state index contributed by atoms with van der Waals surface area (Å²) in [6, 6.07) is 28.1. The molecule has 0 bridgehead atoms. The molecule has 8 heteroatoms. The van der Waals surface area contributed by atoms with E-state index >= 15 is 0 Å². The average molecular weight is 507 g/mol. The molecule has 2 aromatic heterocycles. The van der Waals surface area contributed by atoms with Crippen molar-refractivity contribution in [1.29, 1.82) is 0 Å². The van der Waals surface area contributed by atoms with E-state index in [0.717, 1.165) is 34.0 Å². The molecule has 0 N–H and O–H groups in total. The highest BCUT2D eigenvalue weighted by Gasteiger charge is 2.14. The van der Waals surface area contributed by atoms with Gasteiger partial charge in [-0.05, 0) is 38.1 Å². The second-order valence-corrected chi connectivity index (χ2v) is 9.52. The van der Waals surface area contributed by atoms with Crippen LogP contribution >= 0.6 is 11.8 Å². The Morgan fingerprint density at radius 1 is 0.892 bits per heavy atom. The molecule has 3 aromatic carbocycles. The molecule has 0 aliphatic heterocycles. The van der Waals surface area contributed by atoms with Crippen LogP contribution in [0.1, 0.15) is 17.0 Å². The molecule has 7 nitrogen and oxygen atoms in total. The Labute approximate surface area is 219 Å². The van der Waals surface area contributed by atoms with Gasteiger partial charge in [-0.25, -0.2) is 4.68 Å². The van der Waals surface area contributed by atoms with Gasteiger partial charge in [-0.3, -0.25) is 14.4 Å². The fourth-order valence-corrected chi connectivity index (χ4v) is 4.72.